The minimum atomic E-state index is -0.282. The molecule has 0 aliphatic carbocycles. The van der Waals surface area contributed by atoms with Gasteiger partial charge in [-0.1, -0.05) is 0 Å². The van der Waals surface area contributed by atoms with Crippen molar-refractivity contribution in [2.45, 2.75) is 18.4 Å². The molecule has 0 N–H and O–H groups in total. The molecule has 0 heterocycles. The molecule has 0 rings (SSSR count). The topological polar surface area (TPSA) is 34.1 Å². The summed E-state index contributed by atoms with van der Waals surface area (Å²) in [5, 5.41) is 0. The van der Waals surface area contributed by atoms with Crippen molar-refractivity contribution in [3.05, 3.63) is 0 Å². The molecule has 0 unspecified atom stereocenters. The first-order valence-electron chi connectivity index (χ1n) is 2.39. The normalized spacial score (nSPS) is 9.62. The van der Waals surface area contributed by atoms with Gasteiger partial charge < -0.3 is 0 Å². The number of carbonyl (C=O) groups excluding carboxylic acids is 2. The Kier molecular flexibility index (Phi) is 3.07. The quantitative estimate of drug-likeness (QED) is 0.440. The van der Waals surface area contributed by atoms with Crippen LogP contribution in [0.5, 0.6) is 0 Å². The number of rotatable bonds is 2. The monoisotopic (exact) mass is 163 g/mol. The molecule has 0 saturated carbocycles. The van der Waals surface area contributed by atoms with E-state index in [1.165, 1.54) is 13.8 Å². The number of carbonyl (C=O) groups is 2. The van der Waals surface area contributed by atoms with Crippen molar-refractivity contribution in [3.8, 4) is 0 Å². The number of hydrogen-bond acceptors (Lipinski definition) is 2. The molecule has 0 aromatic rings. The molecular weight excluding hydrogens is 157 g/mol. The molecule has 0 bridgehead atoms. The third kappa shape index (κ3) is 2.32. The zero-order chi connectivity index (χ0) is 6.73. The Labute approximate surface area is 58.3 Å². The van der Waals surface area contributed by atoms with Crippen molar-refractivity contribution in [1.29, 1.82) is 0 Å². The van der Waals surface area contributed by atoms with Crippen molar-refractivity contribution in [3.63, 3.8) is 0 Å². The van der Waals surface area contributed by atoms with Gasteiger partial charge in [-0.15, -0.1) is 0 Å². The summed E-state index contributed by atoms with van der Waals surface area (Å²) in [5.74, 6) is -0.00463. The molecule has 41 valence electrons. The first kappa shape index (κ1) is 7.96. The second kappa shape index (κ2) is 3.08. The summed E-state index contributed by atoms with van der Waals surface area (Å²) in [6, 6.07) is 0. The van der Waals surface area contributed by atoms with Crippen LogP contribution >= 0.6 is 0 Å². The van der Waals surface area contributed by atoms with E-state index in [4.69, 9.17) is 0 Å². The Morgan fingerprint density at radius 1 is 1.25 bits per heavy atom. The van der Waals surface area contributed by atoms with Crippen LogP contribution in [0.4, 0.5) is 0 Å². The molecule has 3 heteroatoms. The Morgan fingerprint density at radius 2 is 1.50 bits per heavy atom. The van der Waals surface area contributed by atoms with Gasteiger partial charge in [0, 0.05) is 0 Å². The number of Topliss-reactive ketones (excluding diaryl/α,β-unsaturated/α-hetero) is 2. The van der Waals surface area contributed by atoms with Gasteiger partial charge in [0.2, 0.25) is 0 Å². The standard InChI is InChI=1S/C5H7O2.Zn/c1-4(6)3-5(2)7;/h3H,1-2H3;. The third-order valence-corrected chi connectivity index (χ3v) is 3.39. The average molecular weight is 164 g/mol. The maximum absolute atomic E-state index is 10.4. The summed E-state index contributed by atoms with van der Waals surface area (Å²) < 4.78 is -0.282. The van der Waals surface area contributed by atoms with Crippen LogP contribution in [-0.4, -0.2) is 11.6 Å². The summed E-state index contributed by atoms with van der Waals surface area (Å²) in [6.45, 7) is 2.91. The zero-order valence-corrected chi connectivity index (χ0v) is 8.07. The molecule has 0 saturated heterocycles. The Balaban J connectivity index is 3.83. The van der Waals surface area contributed by atoms with Crippen molar-refractivity contribution in [2.75, 3.05) is 0 Å². The van der Waals surface area contributed by atoms with Gasteiger partial charge in [0.05, 0.1) is 0 Å². The van der Waals surface area contributed by atoms with Crippen molar-refractivity contribution in [1.82, 2.24) is 0 Å². The summed E-state index contributed by atoms with van der Waals surface area (Å²) >= 11 is 0.755. The van der Waals surface area contributed by atoms with Crippen LogP contribution in [0.1, 0.15) is 13.8 Å². The van der Waals surface area contributed by atoms with Crippen LogP contribution in [-0.2, 0) is 27.9 Å². The van der Waals surface area contributed by atoms with Crippen molar-refractivity contribution in [2.24, 2.45) is 0 Å². The summed E-state index contributed by atoms with van der Waals surface area (Å²) in [6.07, 6.45) is 0. The zero-order valence-electron chi connectivity index (χ0n) is 5.10. The van der Waals surface area contributed by atoms with Gasteiger partial charge in [-0.2, -0.15) is 0 Å². The number of ketones is 2. The molecule has 0 aliphatic heterocycles. The fourth-order valence-electron chi connectivity index (χ4n) is 0.286. The molecule has 0 fully saturated rings. The van der Waals surface area contributed by atoms with E-state index in [1.54, 1.807) is 0 Å². The summed E-state index contributed by atoms with van der Waals surface area (Å²) in [4.78, 5) is 20.8. The molecule has 0 spiro atoms. The molecule has 0 aromatic heterocycles. The maximum atomic E-state index is 10.4. The van der Waals surface area contributed by atoms with Gasteiger partial charge in [0.15, 0.2) is 0 Å². The van der Waals surface area contributed by atoms with Crippen LogP contribution < -0.4 is 0 Å². The number of hydrogen-bond donors (Lipinski definition) is 0. The van der Waals surface area contributed by atoms with Gasteiger partial charge >= 0.3 is 57.8 Å². The fourth-order valence-corrected chi connectivity index (χ4v) is 0.286. The van der Waals surface area contributed by atoms with Crippen LogP contribution in [0.2, 0.25) is 4.51 Å². The predicted octanol–water partition coefficient (Wildman–Crippen LogP) is 0.500. The van der Waals surface area contributed by atoms with Gasteiger partial charge in [-0.05, 0) is 0 Å². The Bertz CT molecular complexity index is 106. The fraction of sp³-hybridized carbons (Fsp3) is 0.600. The molecule has 0 amide bonds. The summed E-state index contributed by atoms with van der Waals surface area (Å²) in [5.41, 5.74) is 0. The van der Waals surface area contributed by atoms with E-state index < -0.39 is 0 Å². The van der Waals surface area contributed by atoms with Gasteiger partial charge in [0.1, 0.15) is 0 Å². The van der Waals surface area contributed by atoms with Crippen LogP contribution in [0.3, 0.4) is 0 Å². The van der Waals surface area contributed by atoms with Crippen molar-refractivity contribution < 1.29 is 27.9 Å². The second-order valence-electron chi connectivity index (χ2n) is 1.77. The van der Waals surface area contributed by atoms with E-state index in [0.717, 1.165) is 18.3 Å². The average Bonchev–Trinajstić information content (AvgIpc) is 1.64. The van der Waals surface area contributed by atoms with E-state index in [-0.39, 0.29) is 16.1 Å². The van der Waals surface area contributed by atoms with Crippen LogP contribution in [0, 0.1) is 0 Å². The predicted molar refractivity (Wildman–Crippen MR) is 25.1 cm³/mol. The van der Waals surface area contributed by atoms with Crippen LogP contribution in [0.15, 0.2) is 0 Å². The second-order valence-corrected chi connectivity index (χ2v) is 3.49. The van der Waals surface area contributed by atoms with Gasteiger partial charge in [0.25, 0.3) is 0 Å². The molecule has 2 nitrogen and oxygen atoms in total. The SMILES string of the molecule is CC(=O)[CH]([Zn])C(C)=O. The molecule has 0 aliphatic rings. The van der Waals surface area contributed by atoms with Gasteiger partial charge in [-0.25, -0.2) is 0 Å². The molecule has 0 radical (unpaired) electrons. The molecular formula is C5H7O2Zn. The molecule has 0 aromatic carbocycles. The summed E-state index contributed by atoms with van der Waals surface area (Å²) in [7, 11) is 0. The van der Waals surface area contributed by atoms with E-state index in [0.29, 0.717) is 0 Å². The van der Waals surface area contributed by atoms with Gasteiger partial charge in [-0.3, -0.25) is 0 Å². The Morgan fingerprint density at radius 3 is 1.50 bits per heavy atom. The Hall–Kier alpha value is -0.0366. The first-order valence-corrected chi connectivity index (χ1v) is 4.11. The van der Waals surface area contributed by atoms with E-state index in [9.17, 15) is 9.59 Å². The molecule has 0 atom stereocenters. The molecule has 8 heavy (non-hydrogen) atoms. The van der Waals surface area contributed by atoms with E-state index >= 15 is 0 Å². The first-order chi connectivity index (χ1) is 3.55. The van der Waals surface area contributed by atoms with Crippen molar-refractivity contribution >= 4 is 11.6 Å². The minimum absolute atomic E-state index is 0.00231. The van der Waals surface area contributed by atoms with E-state index in [1.807, 2.05) is 0 Å². The van der Waals surface area contributed by atoms with E-state index in [2.05, 4.69) is 0 Å². The third-order valence-electron chi connectivity index (χ3n) is 0.981. The van der Waals surface area contributed by atoms with Crippen LogP contribution in [0.25, 0.3) is 0 Å².